The van der Waals surface area contributed by atoms with Crippen molar-refractivity contribution in [1.29, 1.82) is 0 Å². The van der Waals surface area contributed by atoms with Crippen LogP contribution in [0.5, 0.6) is 11.5 Å². The fourth-order valence-corrected chi connectivity index (χ4v) is 4.77. The number of anilines is 1. The van der Waals surface area contributed by atoms with Crippen LogP contribution in [0.25, 0.3) is 17.4 Å². The van der Waals surface area contributed by atoms with Crippen LogP contribution >= 0.6 is 23.4 Å². The van der Waals surface area contributed by atoms with Crippen LogP contribution in [0.2, 0.25) is 5.02 Å². The zero-order valence-corrected chi connectivity index (χ0v) is 21.6. The molecule has 37 heavy (non-hydrogen) atoms. The number of thioether (sulfide) groups is 1. The Morgan fingerprint density at radius 1 is 1.03 bits per heavy atom. The third-order valence-corrected chi connectivity index (χ3v) is 6.81. The number of benzene rings is 3. The predicted octanol–water partition coefficient (Wildman–Crippen LogP) is 6.69. The SMILES string of the molecule is COc1ccc(/C=C2\N=C(SCc3ncc(-c4ccccc4)o3)N(c3ccc(Cl)c(OC)c3)C2=O)cc1. The molecule has 0 unspecified atom stereocenters. The highest BCUT2D eigenvalue weighted by molar-refractivity contribution is 8.13. The van der Waals surface area contributed by atoms with E-state index in [0.717, 1.165) is 16.9 Å². The Bertz CT molecular complexity index is 1480. The Morgan fingerprint density at radius 3 is 2.54 bits per heavy atom. The second-order valence-electron chi connectivity index (χ2n) is 7.93. The van der Waals surface area contributed by atoms with E-state index < -0.39 is 0 Å². The summed E-state index contributed by atoms with van der Waals surface area (Å²) in [7, 11) is 3.14. The molecule has 2 heterocycles. The first-order valence-electron chi connectivity index (χ1n) is 11.3. The van der Waals surface area contributed by atoms with Gasteiger partial charge < -0.3 is 13.9 Å². The molecule has 0 bridgehead atoms. The summed E-state index contributed by atoms with van der Waals surface area (Å²) >= 11 is 7.58. The average Bonchev–Trinajstić information content (AvgIpc) is 3.53. The van der Waals surface area contributed by atoms with Gasteiger partial charge in [-0.2, -0.15) is 0 Å². The first kappa shape index (κ1) is 24.7. The van der Waals surface area contributed by atoms with Crippen molar-refractivity contribution in [3.8, 4) is 22.8 Å². The van der Waals surface area contributed by atoms with Crippen molar-refractivity contribution in [2.45, 2.75) is 5.75 Å². The largest absolute Gasteiger partial charge is 0.497 e. The maximum atomic E-state index is 13.5. The number of nitrogens with zero attached hydrogens (tertiary/aromatic N) is 3. The van der Waals surface area contributed by atoms with Crippen molar-refractivity contribution in [3.05, 3.63) is 101 Å². The van der Waals surface area contributed by atoms with Gasteiger partial charge in [0, 0.05) is 11.6 Å². The summed E-state index contributed by atoms with van der Waals surface area (Å²) in [5.41, 5.74) is 2.67. The first-order chi connectivity index (χ1) is 18.1. The van der Waals surface area contributed by atoms with Crippen LogP contribution in [-0.4, -0.2) is 30.3 Å². The molecular weight excluding hydrogens is 510 g/mol. The lowest BCUT2D eigenvalue weighted by molar-refractivity contribution is -0.113. The van der Waals surface area contributed by atoms with E-state index in [9.17, 15) is 4.79 Å². The number of oxazole rings is 1. The number of rotatable bonds is 7. The Balaban J connectivity index is 1.44. The van der Waals surface area contributed by atoms with Crippen molar-refractivity contribution in [1.82, 2.24) is 4.98 Å². The third kappa shape index (κ3) is 5.40. The maximum absolute atomic E-state index is 13.5. The highest BCUT2D eigenvalue weighted by Crippen LogP contribution is 2.35. The summed E-state index contributed by atoms with van der Waals surface area (Å²) in [6.45, 7) is 0. The molecule has 0 spiro atoms. The van der Waals surface area contributed by atoms with E-state index in [1.807, 2.05) is 54.6 Å². The zero-order chi connectivity index (χ0) is 25.8. The first-order valence-corrected chi connectivity index (χ1v) is 12.7. The van der Waals surface area contributed by atoms with Crippen molar-refractivity contribution < 1.29 is 18.7 Å². The van der Waals surface area contributed by atoms with Crippen molar-refractivity contribution in [2.24, 2.45) is 4.99 Å². The normalized spacial score (nSPS) is 14.2. The predicted molar refractivity (Wildman–Crippen MR) is 147 cm³/mol. The molecule has 186 valence electrons. The van der Waals surface area contributed by atoms with Gasteiger partial charge in [0.1, 0.15) is 17.2 Å². The number of amidine groups is 1. The highest BCUT2D eigenvalue weighted by atomic mass is 35.5. The summed E-state index contributed by atoms with van der Waals surface area (Å²) in [5.74, 6) is 2.52. The Hall–Kier alpha value is -4.01. The standard InChI is InChI=1S/C28H22ClN3O4S/c1-34-21-11-8-18(9-12-21)14-23-27(33)32(20-10-13-22(29)24(15-20)35-2)28(31-23)37-17-26-30-16-25(36-26)19-6-4-3-5-7-19/h3-16H,17H2,1-2H3/b23-14-. The molecule has 0 atom stereocenters. The van der Waals surface area contributed by atoms with Crippen LogP contribution in [-0.2, 0) is 10.5 Å². The van der Waals surface area contributed by atoms with Gasteiger partial charge >= 0.3 is 0 Å². The molecule has 1 aromatic heterocycles. The summed E-state index contributed by atoms with van der Waals surface area (Å²) < 4.78 is 16.5. The number of aliphatic imine (C=N–C) groups is 1. The average molecular weight is 532 g/mol. The van der Waals surface area contributed by atoms with E-state index in [1.165, 1.54) is 18.9 Å². The van der Waals surface area contributed by atoms with Crippen LogP contribution in [0.15, 0.2) is 94.1 Å². The molecule has 0 saturated carbocycles. The fourth-order valence-electron chi connectivity index (χ4n) is 3.71. The molecule has 1 amide bonds. The number of methoxy groups -OCH3 is 2. The molecule has 0 N–H and O–H groups in total. The Morgan fingerprint density at radius 2 is 1.81 bits per heavy atom. The van der Waals surface area contributed by atoms with Crippen LogP contribution in [0.3, 0.4) is 0 Å². The summed E-state index contributed by atoms with van der Waals surface area (Å²) in [6.07, 6.45) is 3.44. The number of hydrogen-bond acceptors (Lipinski definition) is 7. The molecule has 0 saturated heterocycles. The quantitative estimate of drug-likeness (QED) is 0.247. The van der Waals surface area contributed by atoms with Crippen molar-refractivity contribution in [3.63, 3.8) is 0 Å². The summed E-state index contributed by atoms with van der Waals surface area (Å²) in [5, 5.41) is 0.944. The minimum absolute atomic E-state index is 0.264. The van der Waals surface area contributed by atoms with Gasteiger partial charge in [-0.15, -0.1) is 0 Å². The van der Waals surface area contributed by atoms with Crippen LogP contribution in [0.1, 0.15) is 11.5 Å². The van der Waals surface area contributed by atoms with E-state index in [1.54, 1.807) is 42.5 Å². The van der Waals surface area contributed by atoms with Gasteiger partial charge in [0.2, 0.25) is 5.89 Å². The van der Waals surface area contributed by atoms with Gasteiger partial charge in [-0.05, 0) is 35.9 Å². The Labute approximate surface area is 223 Å². The maximum Gasteiger partial charge on any atom is 0.283 e. The lowest BCUT2D eigenvalue weighted by Crippen LogP contribution is -2.30. The molecule has 1 aliphatic rings. The van der Waals surface area contributed by atoms with Gasteiger partial charge in [-0.1, -0.05) is 65.8 Å². The lowest BCUT2D eigenvalue weighted by atomic mass is 10.2. The van der Waals surface area contributed by atoms with Gasteiger partial charge in [0.15, 0.2) is 10.9 Å². The van der Waals surface area contributed by atoms with Gasteiger partial charge in [0.05, 0.1) is 36.9 Å². The minimum atomic E-state index is -0.264. The molecule has 9 heteroatoms. The van der Waals surface area contributed by atoms with Gasteiger partial charge in [0.25, 0.3) is 5.91 Å². The number of hydrogen-bond donors (Lipinski definition) is 0. The number of ether oxygens (including phenoxy) is 2. The minimum Gasteiger partial charge on any atom is -0.497 e. The molecule has 3 aromatic carbocycles. The van der Waals surface area contributed by atoms with Crippen molar-refractivity contribution >= 4 is 46.2 Å². The summed E-state index contributed by atoms with van der Waals surface area (Å²) in [4.78, 5) is 24.1. The van der Waals surface area contributed by atoms with Gasteiger partial charge in [-0.3, -0.25) is 9.69 Å². The highest BCUT2D eigenvalue weighted by Gasteiger charge is 2.33. The topological polar surface area (TPSA) is 77.2 Å². The van der Waals surface area contributed by atoms with Crippen LogP contribution in [0, 0.1) is 0 Å². The molecular formula is C28H22ClN3O4S. The lowest BCUT2D eigenvalue weighted by Gasteiger charge is -2.18. The zero-order valence-electron chi connectivity index (χ0n) is 20.1. The Kier molecular flexibility index (Phi) is 7.30. The molecule has 4 aromatic rings. The number of carbonyl (C=O) groups is 1. The smallest absolute Gasteiger partial charge is 0.283 e. The van der Waals surface area contributed by atoms with Crippen LogP contribution in [0.4, 0.5) is 5.69 Å². The third-order valence-electron chi connectivity index (χ3n) is 5.58. The van der Waals surface area contributed by atoms with E-state index in [4.69, 9.17) is 25.5 Å². The van der Waals surface area contributed by atoms with E-state index >= 15 is 0 Å². The van der Waals surface area contributed by atoms with E-state index in [2.05, 4.69) is 9.98 Å². The molecule has 7 nitrogen and oxygen atoms in total. The second-order valence-corrected chi connectivity index (χ2v) is 9.28. The summed E-state index contributed by atoms with van der Waals surface area (Å²) in [6, 6.07) is 22.3. The van der Waals surface area contributed by atoms with Gasteiger partial charge in [-0.25, -0.2) is 9.98 Å². The number of carbonyl (C=O) groups excluding carboxylic acids is 1. The fraction of sp³-hybridized carbons (Fsp3) is 0.107. The van der Waals surface area contributed by atoms with Crippen molar-refractivity contribution in [2.75, 3.05) is 19.1 Å². The second kappa shape index (κ2) is 10.9. The molecule has 0 radical (unpaired) electrons. The molecule has 0 fully saturated rings. The molecule has 5 rings (SSSR count). The number of amides is 1. The molecule has 0 aliphatic carbocycles. The molecule has 1 aliphatic heterocycles. The van der Waals surface area contributed by atoms with E-state index in [0.29, 0.717) is 44.7 Å². The van der Waals surface area contributed by atoms with E-state index in [-0.39, 0.29) is 5.91 Å². The number of halogens is 1. The monoisotopic (exact) mass is 531 g/mol. The number of aromatic nitrogens is 1. The van der Waals surface area contributed by atoms with Crippen LogP contribution < -0.4 is 14.4 Å².